The number of hydrogen-bond donors (Lipinski definition) is 1. The molecule has 0 saturated heterocycles. The number of hydrogen-bond acceptors (Lipinski definition) is 1. The summed E-state index contributed by atoms with van der Waals surface area (Å²) in [4.78, 5) is 0. The molecule has 1 aromatic carbocycles. The second-order valence-electron chi connectivity index (χ2n) is 2.62. The number of halogens is 1. The third-order valence-corrected chi connectivity index (χ3v) is 1.94. The van der Waals surface area contributed by atoms with Crippen molar-refractivity contribution in [1.29, 1.82) is 0 Å². The van der Waals surface area contributed by atoms with Gasteiger partial charge in [0.1, 0.15) is 0 Å². The average molecular weight is 171 g/mol. The Hall–Kier alpha value is -0.530. The molecule has 0 radical (unpaired) electrons. The van der Waals surface area contributed by atoms with Crippen molar-refractivity contribution in [2.24, 2.45) is 0 Å². The Morgan fingerprint density at radius 1 is 1.36 bits per heavy atom. The molecule has 1 aromatic rings. The lowest BCUT2D eigenvalue weighted by atomic mass is 10.0. The van der Waals surface area contributed by atoms with Crippen LogP contribution in [0.1, 0.15) is 12.5 Å². The maximum Gasteiger partial charge on any atom is 0.0623 e. The van der Waals surface area contributed by atoms with E-state index in [1.165, 1.54) is 11.1 Å². The van der Waals surface area contributed by atoms with Gasteiger partial charge in [0.05, 0.1) is 1.37 Å². The van der Waals surface area contributed by atoms with Crippen molar-refractivity contribution in [3.05, 3.63) is 35.4 Å². The van der Waals surface area contributed by atoms with E-state index in [4.69, 9.17) is 1.37 Å². The zero-order valence-corrected chi connectivity index (χ0v) is 7.08. The van der Waals surface area contributed by atoms with Crippen molar-refractivity contribution < 1.29 is 1.37 Å². The van der Waals surface area contributed by atoms with Crippen LogP contribution in [0.15, 0.2) is 24.2 Å². The predicted molar refractivity (Wildman–Crippen MR) is 49.1 cm³/mol. The van der Waals surface area contributed by atoms with Crippen LogP contribution in [-0.4, -0.2) is 6.54 Å². The summed E-state index contributed by atoms with van der Waals surface area (Å²) in [5, 5.41) is 3.30. The molecule has 60 valence electrons. The van der Waals surface area contributed by atoms with Gasteiger partial charge in [0.2, 0.25) is 0 Å². The summed E-state index contributed by atoms with van der Waals surface area (Å²) in [6.45, 7) is 2.02. The van der Waals surface area contributed by atoms with Crippen LogP contribution < -0.4 is 5.32 Å². The van der Waals surface area contributed by atoms with Gasteiger partial charge in [-0.25, -0.2) is 0 Å². The predicted octanol–water partition coefficient (Wildman–Crippen LogP) is 1.75. The molecule has 1 N–H and O–H groups in total. The first kappa shape index (κ1) is 7.14. The largest absolute Gasteiger partial charge is 0.312 e. The van der Waals surface area contributed by atoms with Crippen LogP contribution in [0.4, 0.5) is 0 Å². The molecule has 0 amide bonds. The van der Waals surface area contributed by atoms with Crippen LogP contribution in [0.5, 0.6) is 0 Å². The summed E-state index contributed by atoms with van der Waals surface area (Å²) >= 11 is 0. The number of rotatable bonds is 0. The van der Waals surface area contributed by atoms with Gasteiger partial charge >= 0.3 is 0 Å². The van der Waals surface area contributed by atoms with E-state index in [-0.39, 0.29) is 12.4 Å². The molecule has 0 saturated carbocycles. The summed E-state index contributed by atoms with van der Waals surface area (Å²) in [6, 6.07) is 6.50. The normalized spacial score (nSPS) is 16.2. The third kappa shape index (κ3) is 1.73. The van der Waals surface area contributed by atoms with Gasteiger partial charge in [-0.15, -0.1) is 12.4 Å². The lowest BCUT2D eigenvalue weighted by molar-refractivity contribution is 0.644. The molecule has 1 nitrogen and oxygen atoms in total. The quantitative estimate of drug-likeness (QED) is 0.626. The van der Waals surface area contributed by atoms with E-state index in [1.54, 1.807) is 0 Å². The lowest BCUT2D eigenvalue weighted by Crippen LogP contribution is -2.23. The molecule has 1 heterocycles. The van der Waals surface area contributed by atoms with Gasteiger partial charge in [-0.05, 0) is 24.1 Å². The van der Waals surface area contributed by atoms with Crippen molar-refractivity contribution in [2.75, 3.05) is 6.54 Å². The second kappa shape index (κ2) is 3.74. The van der Waals surface area contributed by atoms with E-state index >= 15 is 0 Å². The highest BCUT2D eigenvalue weighted by Gasteiger charge is 2.05. The minimum atomic E-state index is 0. The van der Waals surface area contributed by atoms with Crippen LogP contribution in [0.25, 0.3) is 0 Å². The Bertz CT molecular complexity index is 275. The van der Waals surface area contributed by atoms with E-state index in [0.29, 0.717) is 6.04 Å². The fraction of sp³-hybridized carbons (Fsp3) is 0.333. The molecule has 1 aliphatic rings. The van der Waals surface area contributed by atoms with Crippen LogP contribution in [-0.2, 0) is 13.0 Å². The maximum atomic E-state index is 7.41. The number of benzene rings is 1. The fourth-order valence-corrected chi connectivity index (χ4v) is 1.35. The Kier molecular flexibility index (Phi) is 2.43. The molecule has 1 aliphatic heterocycles. The van der Waals surface area contributed by atoms with Crippen molar-refractivity contribution in [3.8, 4) is 0 Å². The van der Waals surface area contributed by atoms with Crippen LogP contribution in [0, 0.1) is 0 Å². The smallest absolute Gasteiger partial charge is 0.0623 e. The molecular weight excluding hydrogens is 158 g/mol. The minimum Gasteiger partial charge on any atom is -0.312 e. The van der Waals surface area contributed by atoms with Crippen LogP contribution in [0.2, 0.25) is 0 Å². The Balaban J connectivity index is 0.000000720. The zero-order valence-electron chi connectivity index (χ0n) is 7.26. The van der Waals surface area contributed by atoms with Gasteiger partial charge in [0.15, 0.2) is 0 Å². The number of nitrogens with one attached hydrogen (secondary N) is 1. The van der Waals surface area contributed by atoms with Gasteiger partial charge in [0, 0.05) is 6.54 Å². The molecule has 0 spiro atoms. The average Bonchev–Trinajstić information content (AvgIpc) is 2.04. The third-order valence-electron chi connectivity index (χ3n) is 1.94. The highest BCUT2D eigenvalue weighted by Crippen LogP contribution is 2.11. The van der Waals surface area contributed by atoms with E-state index in [2.05, 4.69) is 5.32 Å². The van der Waals surface area contributed by atoms with Gasteiger partial charge in [0.25, 0.3) is 0 Å². The first-order chi connectivity index (χ1) is 5.36. The fourth-order valence-electron chi connectivity index (χ4n) is 1.35. The Labute approximate surface area is 74.6 Å². The zero-order chi connectivity index (χ0) is 7.68. The van der Waals surface area contributed by atoms with Crippen molar-refractivity contribution >= 4 is 12.4 Å². The van der Waals surface area contributed by atoms with Crippen molar-refractivity contribution in [3.63, 3.8) is 0 Å². The molecule has 11 heavy (non-hydrogen) atoms. The maximum absolute atomic E-state index is 7.41. The van der Waals surface area contributed by atoms with E-state index in [9.17, 15) is 0 Å². The monoisotopic (exact) mass is 170 g/mol. The molecule has 0 aliphatic carbocycles. The number of fused-ring (bicyclic) bond motifs is 1. The summed E-state index contributed by atoms with van der Waals surface area (Å²) in [6.07, 6.45) is 1.07. The van der Waals surface area contributed by atoms with Crippen molar-refractivity contribution in [1.82, 2.24) is 5.32 Å². The summed E-state index contributed by atoms with van der Waals surface area (Å²) in [5.74, 6) is 0. The van der Waals surface area contributed by atoms with Gasteiger partial charge in [-0.3, -0.25) is 0 Å². The van der Waals surface area contributed by atoms with E-state index in [1.807, 2.05) is 18.2 Å². The van der Waals surface area contributed by atoms with Gasteiger partial charge in [-0.2, -0.15) is 0 Å². The molecule has 0 bridgehead atoms. The Morgan fingerprint density at radius 2 is 2.27 bits per heavy atom. The molecule has 2 heteroatoms. The topological polar surface area (TPSA) is 12.0 Å². The van der Waals surface area contributed by atoms with E-state index in [0.717, 1.165) is 19.5 Å². The van der Waals surface area contributed by atoms with Crippen LogP contribution in [0.3, 0.4) is 0 Å². The van der Waals surface area contributed by atoms with Gasteiger partial charge < -0.3 is 5.32 Å². The SMILES string of the molecule is Cl.[2H]c1ccc2c(c1)CCNC2. The standard InChI is InChI=1S/C9H11N.ClH/c1-2-4-9-7-10-6-5-8(9)3-1;/h1-4,10H,5-7H2;1H/i1D;. The highest BCUT2D eigenvalue weighted by atomic mass is 35.5. The molecule has 2 rings (SSSR count). The molecular formula is C9H12ClN. The minimum absolute atomic E-state index is 0. The van der Waals surface area contributed by atoms with Gasteiger partial charge in [-0.1, -0.05) is 24.2 Å². The molecule has 0 unspecified atom stereocenters. The summed E-state index contributed by atoms with van der Waals surface area (Å²) in [5.41, 5.74) is 2.70. The molecule has 0 aromatic heterocycles. The van der Waals surface area contributed by atoms with Crippen LogP contribution >= 0.6 is 12.4 Å². The van der Waals surface area contributed by atoms with E-state index < -0.39 is 0 Å². The molecule has 0 fully saturated rings. The lowest BCUT2D eigenvalue weighted by Gasteiger charge is -2.15. The Morgan fingerprint density at radius 3 is 3.18 bits per heavy atom. The molecule has 0 atom stereocenters. The first-order valence-electron chi connectivity index (χ1n) is 4.15. The summed E-state index contributed by atoms with van der Waals surface area (Å²) in [7, 11) is 0. The second-order valence-corrected chi connectivity index (χ2v) is 2.62. The summed E-state index contributed by atoms with van der Waals surface area (Å²) < 4.78 is 7.41. The first-order valence-corrected chi connectivity index (χ1v) is 3.65. The van der Waals surface area contributed by atoms with Crippen molar-refractivity contribution in [2.45, 2.75) is 13.0 Å². The highest BCUT2D eigenvalue weighted by molar-refractivity contribution is 5.85.